The number of benzene rings is 2. The summed E-state index contributed by atoms with van der Waals surface area (Å²) in [4.78, 5) is 0. The number of hydrogen-bond acceptors (Lipinski definition) is 2. The van der Waals surface area contributed by atoms with Crippen LogP contribution in [-0.2, 0) is 0 Å². The number of methoxy groups -OCH3 is 1. The number of rotatable bonds is 4. The minimum Gasteiger partial charge on any atom is -0.496 e. The number of halogens is 2. The Labute approximate surface area is 136 Å². The van der Waals surface area contributed by atoms with Gasteiger partial charge in [0.25, 0.3) is 0 Å². The van der Waals surface area contributed by atoms with Crippen molar-refractivity contribution in [3.8, 4) is 5.75 Å². The topological polar surface area (TPSA) is 21.3 Å². The largest absolute Gasteiger partial charge is 0.496 e. The van der Waals surface area contributed by atoms with Gasteiger partial charge in [-0.15, -0.1) is 0 Å². The molecule has 0 heterocycles. The van der Waals surface area contributed by atoms with Gasteiger partial charge in [0.05, 0.1) is 17.6 Å². The van der Waals surface area contributed by atoms with Gasteiger partial charge >= 0.3 is 0 Å². The van der Waals surface area contributed by atoms with Gasteiger partial charge in [-0.2, -0.15) is 0 Å². The molecule has 0 radical (unpaired) electrons. The molecule has 2 aromatic rings. The highest BCUT2D eigenvalue weighted by Crippen LogP contribution is 2.31. The third kappa shape index (κ3) is 3.25. The molecular weight excluding hydrogens is 382 g/mol. The summed E-state index contributed by atoms with van der Waals surface area (Å²) in [5, 5.41) is 3.36. The molecule has 0 spiro atoms. The van der Waals surface area contributed by atoms with Gasteiger partial charge in [0.2, 0.25) is 0 Å². The molecule has 106 valence electrons. The first-order chi connectivity index (χ1) is 9.56. The molecule has 0 amide bonds. The molecule has 2 nitrogen and oxygen atoms in total. The van der Waals surface area contributed by atoms with Gasteiger partial charge < -0.3 is 10.1 Å². The van der Waals surface area contributed by atoms with E-state index in [0.717, 1.165) is 14.7 Å². The lowest BCUT2D eigenvalue weighted by Crippen LogP contribution is -2.17. The summed E-state index contributed by atoms with van der Waals surface area (Å²) < 4.78 is 7.37. The highest BCUT2D eigenvalue weighted by Gasteiger charge is 2.14. The molecule has 0 bridgehead atoms. The van der Waals surface area contributed by atoms with E-state index in [0.29, 0.717) is 0 Å². The predicted molar refractivity (Wildman–Crippen MR) is 90.5 cm³/mol. The fourth-order valence-electron chi connectivity index (χ4n) is 2.18. The zero-order chi connectivity index (χ0) is 14.7. The molecule has 1 N–H and O–H groups in total. The van der Waals surface area contributed by atoms with Gasteiger partial charge in [-0.05, 0) is 64.8 Å². The van der Waals surface area contributed by atoms with Crippen LogP contribution < -0.4 is 10.1 Å². The lowest BCUT2D eigenvalue weighted by molar-refractivity contribution is 0.412. The predicted octanol–water partition coefficient (Wildman–Crippen LogP) is 4.84. The van der Waals surface area contributed by atoms with Crippen molar-refractivity contribution in [2.24, 2.45) is 0 Å². The van der Waals surface area contributed by atoms with Crippen molar-refractivity contribution in [1.29, 1.82) is 0 Å². The Morgan fingerprint density at radius 2 is 1.60 bits per heavy atom. The van der Waals surface area contributed by atoms with Crippen LogP contribution in [0.15, 0.2) is 45.3 Å². The second-order valence-corrected chi connectivity index (χ2v) is 6.33. The van der Waals surface area contributed by atoms with E-state index in [4.69, 9.17) is 4.74 Å². The first kappa shape index (κ1) is 15.5. The molecule has 2 aromatic carbocycles. The summed E-state index contributed by atoms with van der Waals surface area (Å²) in [6.07, 6.45) is 0. The van der Waals surface area contributed by atoms with Crippen LogP contribution in [0.4, 0.5) is 0 Å². The van der Waals surface area contributed by atoms with Crippen molar-refractivity contribution in [1.82, 2.24) is 5.32 Å². The summed E-state index contributed by atoms with van der Waals surface area (Å²) in [6.45, 7) is 2.09. The number of nitrogens with one attached hydrogen (secondary N) is 1. The lowest BCUT2D eigenvalue weighted by Gasteiger charge is -2.19. The van der Waals surface area contributed by atoms with Crippen molar-refractivity contribution < 1.29 is 4.74 Å². The standard InChI is InChI=1S/C16H17Br2NO/c1-10-4-5-11(8-13(10)17)16(19-2)12-6-7-15(20-3)14(18)9-12/h4-9,16,19H,1-3H3. The van der Waals surface area contributed by atoms with Crippen molar-refractivity contribution in [3.05, 3.63) is 62.0 Å². The lowest BCUT2D eigenvalue weighted by atomic mass is 9.98. The minimum absolute atomic E-state index is 0.147. The quantitative estimate of drug-likeness (QED) is 0.795. The van der Waals surface area contributed by atoms with E-state index in [1.807, 2.05) is 13.1 Å². The van der Waals surface area contributed by atoms with E-state index < -0.39 is 0 Å². The average Bonchev–Trinajstić information content (AvgIpc) is 2.44. The number of hydrogen-bond donors (Lipinski definition) is 1. The van der Waals surface area contributed by atoms with Crippen LogP contribution in [0, 0.1) is 6.92 Å². The summed E-state index contributed by atoms with van der Waals surface area (Å²) in [5.41, 5.74) is 3.65. The molecule has 0 aromatic heterocycles. The maximum absolute atomic E-state index is 5.28. The minimum atomic E-state index is 0.147. The summed E-state index contributed by atoms with van der Waals surface area (Å²) in [6, 6.07) is 12.7. The van der Waals surface area contributed by atoms with Crippen LogP contribution in [0.5, 0.6) is 5.75 Å². The first-order valence-electron chi connectivity index (χ1n) is 6.33. The molecule has 20 heavy (non-hydrogen) atoms. The molecular formula is C16H17Br2NO. The SMILES string of the molecule is CNC(c1ccc(C)c(Br)c1)c1ccc(OC)c(Br)c1. The smallest absolute Gasteiger partial charge is 0.133 e. The van der Waals surface area contributed by atoms with E-state index >= 15 is 0 Å². The van der Waals surface area contributed by atoms with Crippen LogP contribution in [0.2, 0.25) is 0 Å². The second-order valence-electron chi connectivity index (χ2n) is 4.62. The van der Waals surface area contributed by atoms with E-state index in [2.05, 4.69) is 74.4 Å². The zero-order valence-corrected chi connectivity index (χ0v) is 14.9. The van der Waals surface area contributed by atoms with Gasteiger partial charge in [0.15, 0.2) is 0 Å². The van der Waals surface area contributed by atoms with Crippen LogP contribution >= 0.6 is 31.9 Å². The molecule has 0 saturated carbocycles. The van der Waals surface area contributed by atoms with Crippen LogP contribution in [0.3, 0.4) is 0 Å². The van der Waals surface area contributed by atoms with E-state index in [9.17, 15) is 0 Å². The number of ether oxygens (including phenoxy) is 1. The third-order valence-corrected chi connectivity index (χ3v) is 4.80. The normalized spacial score (nSPS) is 12.2. The monoisotopic (exact) mass is 397 g/mol. The van der Waals surface area contributed by atoms with Gasteiger partial charge in [0.1, 0.15) is 5.75 Å². The van der Waals surface area contributed by atoms with Gasteiger partial charge in [0, 0.05) is 4.47 Å². The Bertz CT molecular complexity index is 613. The molecule has 0 fully saturated rings. The van der Waals surface area contributed by atoms with Crippen molar-refractivity contribution in [2.75, 3.05) is 14.2 Å². The van der Waals surface area contributed by atoms with Gasteiger partial charge in [-0.1, -0.05) is 34.1 Å². The molecule has 0 aliphatic carbocycles. The Morgan fingerprint density at radius 1 is 1.00 bits per heavy atom. The molecule has 0 saturated heterocycles. The summed E-state index contributed by atoms with van der Waals surface area (Å²) in [5.74, 6) is 0.841. The molecule has 2 rings (SSSR count). The Kier molecular flexibility index (Phi) is 5.24. The zero-order valence-electron chi connectivity index (χ0n) is 11.7. The molecule has 1 atom stereocenters. The van der Waals surface area contributed by atoms with Crippen LogP contribution in [0.1, 0.15) is 22.7 Å². The van der Waals surface area contributed by atoms with Crippen LogP contribution in [0.25, 0.3) is 0 Å². The maximum atomic E-state index is 5.28. The van der Waals surface area contributed by atoms with E-state index in [1.165, 1.54) is 16.7 Å². The van der Waals surface area contributed by atoms with Gasteiger partial charge in [-0.25, -0.2) is 0 Å². The molecule has 0 aliphatic heterocycles. The van der Waals surface area contributed by atoms with Crippen molar-refractivity contribution >= 4 is 31.9 Å². The average molecular weight is 399 g/mol. The van der Waals surface area contributed by atoms with Crippen molar-refractivity contribution in [2.45, 2.75) is 13.0 Å². The fourth-order valence-corrected chi connectivity index (χ4v) is 3.13. The Hall–Kier alpha value is -0.840. The fraction of sp³-hybridized carbons (Fsp3) is 0.250. The van der Waals surface area contributed by atoms with E-state index in [-0.39, 0.29) is 6.04 Å². The molecule has 1 unspecified atom stereocenters. The highest BCUT2D eigenvalue weighted by molar-refractivity contribution is 9.10. The molecule has 0 aliphatic rings. The van der Waals surface area contributed by atoms with Crippen molar-refractivity contribution in [3.63, 3.8) is 0 Å². The maximum Gasteiger partial charge on any atom is 0.133 e. The summed E-state index contributed by atoms with van der Waals surface area (Å²) in [7, 11) is 3.64. The highest BCUT2D eigenvalue weighted by atomic mass is 79.9. The van der Waals surface area contributed by atoms with Crippen LogP contribution in [-0.4, -0.2) is 14.2 Å². The Morgan fingerprint density at radius 3 is 2.10 bits per heavy atom. The second kappa shape index (κ2) is 6.74. The van der Waals surface area contributed by atoms with E-state index in [1.54, 1.807) is 7.11 Å². The molecule has 4 heteroatoms. The summed E-state index contributed by atoms with van der Waals surface area (Å²) >= 11 is 7.14. The van der Waals surface area contributed by atoms with Gasteiger partial charge in [-0.3, -0.25) is 0 Å². The first-order valence-corrected chi connectivity index (χ1v) is 7.92. The Balaban J connectivity index is 2.41. The number of aryl methyl sites for hydroxylation is 1. The third-order valence-electron chi connectivity index (χ3n) is 3.33.